The number of hydrogen-bond donors (Lipinski definition) is 3. The van der Waals surface area contributed by atoms with Crippen LogP contribution < -0.4 is 5.32 Å². The highest BCUT2D eigenvalue weighted by atomic mass is 35.5. The summed E-state index contributed by atoms with van der Waals surface area (Å²) in [7, 11) is 0. The molecule has 1 heterocycles. The predicted molar refractivity (Wildman–Crippen MR) is 94.0 cm³/mol. The average Bonchev–Trinajstić information content (AvgIpc) is 2.63. The first kappa shape index (κ1) is 19.9. The van der Waals surface area contributed by atoms with Gasteiger partial charge in [-0.3, -0.25) is 10.1 Å². The Hall–Kier alpha value is -2.46. The van der Waals surface area contributed by atoms with Crippen molar-refractivity contribution in [1.29, 1.82) is 0 Å². The van der Waals surface area contributed by atoms with Gasteiger partial charge in [0.25, 0.3) is 5.69 Å². The van der Waals surface area contributed by atoms with Crippen LogP contribution in [0.15, 0.2) is 30.5 Å². The van der Waals surface area contributed by atoms with E-state index in [1.54, 1.807) is 0 Å². The number of nitro benzene ring substituents is 1. The van der Waals surface area contributed by atoms with Crippen molar-refractivity contribution in [2.75, 3.05) is 18.5 Å². The van der Waals surface area contributed by atoms with E-state index in [2.05, 4.69) is 10.3 Å². The van der Waals surface area contributed by atoms with Crippen molar-refractivity contribution >= 4 is 46.4 Å². The van der Waals surface area contributed by atoms with Crippen LogP contribution in [0.4, 0.5) is 17.2 Å². The maximum atomic E-state index is 12.2. The van der Waals surface area contributed by atoms with Gasteiger partial charge in [0, 0.05) is 12.3 Å². The highest BCUT2D eigenvalue weighted by molar-refractivity contribution is 6.44. The number of nitro groups is 1. The molecule has 11 heteroatoms. The number of rotatable bonds is 7. The molecule has 0 aliphatic heterocycles. The predicted octanol–water partition coefficient (Wildman–Crippen LogP) is 2.55. The van der Waals surface area contributed by atoms with E-state index in [0.717, 1.165) is 6.07 Å². The minimum absolute atomic E-state index is 0.0525. The normalized spacial score (nSPS) is 11.7. The SMILES string of the molecule is O=C(OCC(O)CO)c1cccnc1Nc1c([N+](=O)[O-])ccc(Cl)c1Cl. The fraction of sp³-hybridized carbons (Fsp3) is 0.200. The van der Waals surface area contributed by atoms with Crippen LogP contribution in [0.3, 0.4) is 0 Å². The molecule has 1 aromatic carbocycles. The van der Waals surface area contributed by atoms with Crippen molar-refractivity contribution in [3.8, 4) is 0 Å². The van der Waals surface area contributed by atoms with Gasteiger partial charge in [0.1, 0.15) is 29.8 Å². The Morgan fingerprint density at radius 2 is 2.12 bits per heavy atom. The number of aliphatic hydroxyl groups excluding tert-OH is 2. The van der Waals surface area contributed by atoms with Gasteiger partial charge in [-0.2, -0.15) is 0 Å². The molecule has 1 unspecified atom stereocenters. The zero-order valence-electron chi connectivity index (χ0n) is 13.1. The van der Waals surface area contributed by atoms with Gasteiger partial charge in [-0.05, 0) is 18.2 Å². The molecule has 0 aliphatic carbocycles. The summed E-state index contributed by atoms with van der Waals surface area (Å²) in [6, 6.07) is 5.26. The van der Waals surface area contributed by atoms with E-state index in [9.17, 15) is 20.0 Å². The summed E-state index contributed by atoms with van der Waals surface area (Å²) in [6.07, 6.45) is 0.127. The van der Waals surface area contributed by atoms with Gasteiger partial charge in [-0.1, -0.05) is 23.2 Å². The van der Waals surface area contributed by atoms with Crippen molar-refractivity contribution in [3.63, 3.8) is 0 Å². The van der Waals surface area contributed by atoms with E-state index in [0.29, 0.717) is 0 Å². The zero-order chi connectivity index (χ0) is 19.3. The smallest absolute Gasteiger partial charge is 0.342 e. The van der Waals surface area contributed by atoms with Crippen LogP contribution in [0.25, 0.3) is 0 Å². The molecule has 1 aromatic heterocycles. The highest BCUT2D eigenvalue weighted by Crippen LogP contribution is 2.39. The first-order chi connectivity index (χ1) is 12.3. The number of carbonyl (C=O) groups is 1. The number of pyridine rings is 1. The molecule has 0 saturated heterocycles. The fourth-order valence-corrected chi connectivity index (χ4v) is 2.27. The minimum atomic E-state index is -1.23. The molecular weight excluding hydrogens is 389 g/mol. The van der Waals surface area contributed by atoms with E-state index >= 15 is 0 Å². The second-order valence-electron chi connectivity index (χ2n) is 4.97. The molecule has 0 fully saturated rings. The quantitative estimate of drug-likeness (QED) is 0.365. The molecular formula is C15H13Cl2N3O6. The Kier molecular flexibility index (Phi) is 6.70. The Bertz CT molecular complexity index is 833. The van der Waals surface area contributed by atoms with Crippen LogP contribution in [0, 0.1) is 10.1 Å². The maximum Gasteiger partial charge on any atom is 0.342 e. The van der Waals surface area contributed by atoms with Crippen LogP contribution in [-0.4, -0.2) is 45.4 Å². The lowest BCUT2D eigenvalue weighted by Crippen LogP contribution is -2.22. The number of hydrogen-bond acceptors (Lipinski definition) is 8. The molecule has 0 aliphatic rings. The monoisotopic (exact) mass is 401 g/mol. The van der Waals surface area contributed by atoms with Gasteiger partial charge in [0.15, 0.2) is 0 Å². The zero-order valence-corrected chi connectivity index (χ0v) is 14.6. The standard InChI is InChI=1S/C15H13Cl2N3O6/c16-10-3-4-11(20(24)25)13(12(10)17)19-14-9(2-1-5-18-14)15(23)26-7-8(22)6-21/h1-5,8,21-22H,6-7H2,(H,18,19). The summed E-state index contributed by atoms with van der Waals surface area (Å²) in [4.78, 5) is 26.7. The number of aromatic nitrogens is 1. The average molecular weight is 402 g/mol. The van der Waals surface area contributed by atoms with E-state index in [4.69, 9.17) is 33.0 Å². The van der Waals surface area contributed by atoms with Crippen molar-refractivity contribution in [2.24, 2.45) is 0 Å². The first-order valence-electron chi connectivity index (χ1n) is 7.15. The van der Waals surface area contributed by atoms with Gasteiger partial charge in [-0.25, -0.2) is 9.78 Å². The minimum Gasteiger partial charge on any atom is -0.459 e. The Morgan fingerprint density at radius 1 is 1.38 bits per heavy atom. The molecule has 9 nitrogen and oxygen atoms in total. The fourth-order valence-electron chi connectivity index (χ4n) is 1.90. The molecule has 2 aromatic rings. The van der Waals surface area contributed by atoms with Crippen LogP contribution in [0.1, 0.15) is 10.4 Å². The third-order valence-electron chi connectivity index (χ3n) is 3.16. The molecule has 3 N–H and O–H groups in total. The van der Waals surface area contributed by atoms with Crippen LogP contribution in [0.2, 0.25) is 10.0 Å². The van der Waals surface area contributed by atoms with Gasteiger partial charge < -0.3 is 20.3 Å². The van der Waals surface area contributed by atoms with E-state index in [1.165, 1.54) is 24.4 Å². The number of ether oxygens (including phenoxy) is 1. The summed E-state index contributed by atoms with van der Waals surface area (Å²) in [5, 5.41) is 31.8. The molecule has 2 rings (SSSR count). The van der Waals surface area contributed by atoms with Gasteiger partial charge in [0.05, 0.1) is 21.6 Å². The molecule has 0 saturated carbocycles. The Morgan fingerprint density at radius 3 is 2.77 bits per heavy atom. The van der Waals surface area contributed by atoms with E-state index < -0.39 is 30.2 Å². The topological polar surface area (TPSA) is 135 Å². The molecule has 0 radical (unpaired) electrons. The molecule has 0 bridgehead atoms. The number of nitrogens with zero attached hydrogens (tertiary/aromatic N) is 2. The lowest BCUT2D eigenvalue weighted by molar-refractivity contribution is -0.383. The largest absolute Gasteiger partial charge is 0.459 e. The number of benzene rings is 1. The second-order valence-corrected chi connectivity index (χ2v) is 5.76. The number of aliphatic hydroxyl groups is 2. The van der Waals surface area contributed by atoms with Gasteiger partial charge in [-0.15, -0.1) is 0 Å². The van der Waals surface area contributed by atoms with Crippen LogP contribution in [0.5, 0.6) is 0 Å². The lowest BCUT2D eigenvalue weighted by atomic mass is 10.2. The molecule has 138 valence electrons. The van der Waals surface area contributed by atoms with Crippen LogP contribution >= 0.6 is 23.2 Å². The van der Waals surface area contributed by atoms with Crippen molar-refractivity contribution in [3.05, 3.63) is 56.2 Å². The van der Waals surface area contributed by atoms with E-state index in [1.807, 2.05) is 0 Å². The van der Waals surface area contributed by atoms with E-state index in [-0.39, 0.29) is 32.8 Å². The number of carbonyl (C=O) groups excluding carboxylic acids is 1. The Labute approximate surface area is 157 Å². The molecule has 0 amide bonds. The van der Waals surface area contributed by atoms with Gasteiger partial charge in [0.2, 0.25) is 0 Å². The van der Waals surface area contributed by atoms with Crippen molar-refractivity contribution in [1.82, 2.24) is 4.98 Å². The van der Waals surface area contributed by atoms with Crippen molar-refractivity contribution < 1.29 is 24.7 Å². The number of anilines is 2. The summed E-state index contributed by atoms with van der Waals surface area (Å²) in [5.74, 6) is -0.905. The van der Waals surface area contributed by atoms with Crippen molar-refractivity contribution in [2.45, 2.75) is 6.10 Å². The maximum absolute atomic E-state index is 12.2. The number of nitrogens with one attached hydrogen (secondary N) is 1. The molecule has 26 heavy (non-hydrogen) atoms. The molecule has 1 atom stereocenters. The third-order valence-corrected chi connectivity index (χ3v) is 3.96. The summed E-state index contributed by atoms with van der Waals surface area (Å²) in [5.41, 5.74) is -0.546. The highest BCUT2D eigenvalue weighted by Gasteiger charge is 2.23. The number of halogens is 2. The summed E-state index contributed by atoms with van der Waals surface area (Å²) in [6.45, 7) is -1.00. The third kappa shape index (κ3) is 4.58. The van der Waals surface area contributed by atoms with Gasteiger partial charge >= 0.3 is 5.97 Å². The van der Waals surface area contributed by atoms with Crippen LogP contribution in [-0.2, 0) is 4.74 Å². The summed E-state index contributed by atoms with van der Waals surface area (Å²) >= 11 is 11.9. The second kappa shape index (κ2) is 8.77. The lowest BCUT2D eigenvalue weighted by Gasteiger charge is -2.13. The Balaban J connectivity index is 2.36. The first-order valence-corrected chi connectivity index (χ1v) is 7.91. The summed E-state index contributed by atoms with van der Waals surface area (Å²) < 4.78 is 4.87. The molecule has 0 spiro atoms. The number of esters is 1.